The second-order valence-corrected chi connectivity index (χ2v) is 4.42. The molecule has 0 spiro atoms. The monoisotopic (exact) mass is 197 g/mol. The van der Waals surface area contributed by atoms with Gasteiger partial charge in [0.05, 0.1) is 5.92 Å². The highest BCUT2D eigenvalue weighted by molar-refractivity contribution is 5.77. The summed E-state index contributed by atoms with van der Waals surface area (Å²) in [7, 11) is 1.91. The first-order valence-corrected chi connectivity index (χ1v) is 5.43. The SMILES string of the molecule is CNC1CCN(C2CC2)CC1C(N)=O. The molecule has 1 amide bonds. The third kappa shape index (κ3) is 1.91. The molecule has 1 aliphatic carbocycles. The van der Waals surface area contributed by atoms with Crippen LogP contribution in [0.3, 0.4) is 0 Å². The van der Waals surface area contributed by atoms with Crippen molar-refractivity contribution in [3.63, 3.8) is 0 Å². The summed E-state index contributed by atoms with van der Waals surface area (Å²) < 4.78 is 0. The number of rotatable bonds is 3. The lowest BCUT2D eigenvalue weighted by Crippen LogP contribution is -2.53. The van der Waals surface area contributed by atoms with Gasteiger partial charge in [0.15, 0.2) is 0 Å². The van der Waals surface area contributed by atoms with Crippen LogP contribution in [-0.2, 0) is 4.79 Å². The highest BCUT2D eigenvalue weighted by Crippen LogP contribution is 2.30. The molecule has 0 aromatic heterocycles. The van der Waals surface area contributed by atoms with E-state index in [1.54, 1.807) is 0 Å². The third-order valence-electron chi connectivity index (χ3n) is 3.44. The molecule has 1 heterocycles. The standard InChI is InChI=1S/C10H19N3O/c1-12-9-4-5-13(7-2-3-7)6-8(9)10(11)14/h7-9,12H,2-6H2,1H3,(H2,11,14). The van der Waals surface area contributed by atoms with Crippen LogP contribution in [0, 0.1) is 5.92 Å². The summed E-state index contributed by atoms with van der Waals surface area (Å²) in [6.45, 7) is 1.96. The highest BCUT2D eigenvalue weighted by atomic mass is 16.1. The number of nitrogens with two attached hydrogens (primary N) is 1. The minimum Gasteiger partial charge on any atom is -0.369 e. The van der Waals surface area contributed by atoms with Crippen LogP contribution >= 0.6 is 0 Å². The van der Waals surface area contributed by atoms with E-state index in [1.165, 1.54) is 12.8 Å². The van der Waals surface area contributed by atoms with Crippen molar-refractivity contribution in [3.8, 4) is 0 Å². The highest BCUT2D eigenvalue weighted by Gasteiger charge is 2.38. The van der Waals surface area contributed by atoms with Crippen LogP contribution in [0.15, 0.2) is 0 Å². The Kier molecular flexibility index (Phi) is 2.74. The fraction of sp³-hybridized carbons (Fsp3) is 0.900. The van der Waals surface area contributed by atoms with Crippen molar-refractivity contribution in [2.45, 2.75) is 31.3 Å². The van der Waals surface area contributed by atoms with E-state index in [-0.39, 0.29) is 17.9 Å². The lowest BCUT2D eigenvalue weighted by atomic mass is 9.91. The summed E-state index contributed by atoms with van der Waals surface area (Å²) >= 11 is 0. The molecule has 2 aliphatic rings. The fourth-order valence-electron chi connectivity index (χ4n) is 2.38. The molecule has 2 fully saturated rings. The molecular weight excluding hydrogens is 178 g/mol. The van der Waals surface area contributed by atoms with Crippen molar-refractivity contribution in [2.24, 2.45) is 11.7 Å². The number of amides is 1. The van der Waals surface area contributed by atoms with Gasteiger partial charge in [-0.25, -0.2) is 0 Å². The molecule has 2 atom stereocenters. The van der Waals surface area contributed by atoms with Crippen molar-refractivity contribution < 1.29 is 4.79 Å². The van der Waals surface area contributed by atoms with Crippen LogP contribution < -0.4 is 11.1 Å². The first-order chi connectivity index (χ1) is 6.72. The van der Waals surface area contributed by atoms with Gasteiger partial charge < -0.3 is 11.1 Å². The Morgan fingerprint density at radius 1 is 1.43 bits per heavy atom. The molecule has 0 radical (unpaired) electrons. The topological polar surface area (TPSA) is 58.4 Å². The second kappa shape index (κ2) is 3.87. The van der Waals surface area contributed by atoms with E-state index in [4.69, 9.17) is 5.73 Å². The van der Waals surface area contributed by atoms with Gasteiger partial charge in [0.1, 0.15) is 0 Å². The molecule has 80 valence electrons. The molecule has 1 saturated heterocycles. The van der Waals surface area contributed by atoms with Crippen molar-refractivity contribution >= 4 is 5.91 Å². The number of carbonyl (C=O) groups excluding carboxylic acids is 1. The number of piperidine rings is 1. The van der Waals surface area contributed by atoms with Gasteiger partial charge >= 0.3 is 0 Å². The Morgan fingerprint density at radius 2 is 2.14 bits per heavy atom. The Hall–Kier alpha value is -0.610. The number of carbonyl (C=O) groups is 1. The van der Waals surface area contributed by atoms with Gasteiger partial charge in [-0.3, -0.25) is 9.69 Å². The van der Waals surface area contributed by atoms with Crippen molar-refractivity contribution in [2.75, 3.05) is 20.1 Å². The molecule has 0 bridgehead atoms. The number of nitrogens with zero attached hydrogens (tertiary/aromatic N) is 1. The average molecular weight is 197 g/mol. The number of primary amides is 1. The zero-order chi connectivity index (χ0) is 10.1. The quantitative estimate of drug-likeness (QED) is 0.644. The van der Waals surface area contributed by atoms with Gasteiger partial charge in [0.2, 0.25) is 5.91 Å². The second-order valence-electron chi connectivity index (χ2n) is 4.42. The summed E-state index contributed by atoms with van der Waals surface area (Å²) in [6, 6.07) is 1.03. The van der Waals surface area contributed by atoms with E-state index in [2.05, 4.69) is 10.2 Å². The van der Waals surface area contributed by atoms with E-state index in [1.807, 2.05) is 7.05 Å². The zero-order valence-electron chi connectivity index (χ0n) is 8.70. The normalized spacial score (nSPS) is 34.4. The minimum absolute atomic E-state index is 0.00523. The first-order valence-electron chi connectivity index (χ1n) is 5.43. The van der Waals surface area contributed by atoms with E-state index >= 15 is 0 Å². The summed E-state index contributed by atoms with van der Waals surface area (Å²) in [5.74, 6) is -0.163. The smallest absolute Gasteiger partial charge is 0.223 e. The Morgan fingerprint density at radius 3 is 2.64 bits per heavy atom. The Bertz CT molecular complexity index is 227. The predicted octanol–water partition coefficient (Wildman–Crippen LogP) is -0.456. The van der Waals surface area contributed by atoms with Crippen LogP contribution in [-0.4, -0.2) is 43.0 Å². The number of hydrogen-bond donors (Lipinski definition) is 2. The molecule has 1 aliphatic heterocycles. The number of likely N-dealkylation sites (tertiary alicyclic amines) is 1. The average Bonchev–Trinajstić information content (AvgIpc) is 3.00. The van der Waals surface area contributed by atoms with Crippen LogP contribution in [0.4, 0.5) is 0 Å². The molecular formula is C10H19N3O. The first kappa shape index (κ1) is 9.93. The minimum atomic E-state index is -0.158. The molecule has 0 aromatic carbocycles. The van der Waals surface area contributed by atoms with E-state index in [9.17, 15) is 4.79 Å². The Labute approximate surface area is 84.8 Å². The van der Waals surface area contributed by atoms with Gasteiger partial charge in [-0.2, -0.15) is 0 Å². The fourth-order valence-corrected chi connectivity index (χ4v) is 2.38. The van der Waals surface area contributed by atoms with Crippen molar-refractivity contribution in [1.29, 1.82) is 0 Å². The summed E-state index contributed by atoms with van der Waals surface area (Å²) in [5, 5.41) is 3.19. The molecule has 14 heavy (non-hydrogen) atoms. The lowest BCUT2D eigenvalue weighted by molar-refractivity contribution is -0.124. The summed E-state index contributed by atoms with van der Waals surface area (Å²) in [5.41, 5.74) is 5.41. The van der Waals surface area contributed by atoms with Gasteiger partial charge in [-0.15, -0.1) is 0 Å². The maximum absolute atomic E-state index is 11.3. The molecule has 2 rings (SSSR count). The van der Waals surface area contributed by atoms with Crippen LogP contribution in [0.1, 0.15) is 19.3 Å². The van der Waals surface area contributed by atoms with Gasteiger partial charge in [0, 0.05) is 18.6 Å². The van der Waals surface area contributed by atoms with Crippen LogP contribution in [0.5, 0.6) is 0 Å². The molecule has 4 heteroatoms. The zero-order valence-corrected chi connectivity index (χ0v) is 8.70. The van der Waals surface area contributed by atoms with Gasteiger partial charge in [0.25, 0.3) is 0 Å². The molecule has 2 unspecified atom stereocenters. The lowest BCUT2D eigenvalue weighted by Gasteiger charge is -2.37. The molecule has 4 nitrogen and oxygen atoms in total. The van der Waals surface area contributed by atoms with E-state index < -0.39 is 0 Å². The van der Waals surface area contributed by atoms with E-state index in [0.29, 0.717) is 0 Å². The van der Waals surface area contributed by atoms with Gasteiger partial charge in [-0.1, -0.05) is 0 Å². The molecule has 3 N–H and O–H groups in total. The Balaban J connectivity index is 1.97. The van der Waals surface area contributed by atoms with Crippen LogP contribution in [0.2, 0.25) is 0 Å². The molecule has 0 aromatic rings. The largest absolute Gasteiger partial charge is 0.369 e. The summed E-state index contributed by atoms with van der Waals surface area (Å²) in [6.07, 6.45) is 3.64. The maximum Gasteiger partial charge on any atom is 0.223 e. The molecule has 1 saturated carbocycles. The van der Waals surface area contributed by atoms with Crippen molar-refractivity contribution in [3.05, 3.63) is 0 Å². The third-order valence-corrected chi connectivity index (χ3v) is 3.44. The van der Waals surface area contributed by atoms with Crippen LogP contribution in [0.25, 0.3) is 0 Å². The van der Waals surface area contributed by atoms with Crippen molar-refractivity contribution in [1.82, 2.24) is 10.2 Å². The maximum atomic E-state index is 11.3. The summed E-state index contributed by atoms with van der Waals surface area (Å²) in [4.78, 5) is 13.7. The number of hydrogen-bond acceptors (Lipinski definition) is 3. The van der Waals surface area contributed by atoms with E-state index in [0.717, 1.165) is 25.6 Å². The van der Waals surface area contributed by atoms with Gasteiger partial charge in [-0.05, 0) is 32.9 Å². The predicted molar refractivity (Wildman–Crippen MR) is 54.7 cm³/mol. The number of nitrogens with one attached hydrogen (secondary N) is 1.